The van der Waals surface area contributed by atoms with Crippen molar-refractivity contribution < 1.29 is 13.2 Å². The van der Waals surface area contributed by atoms with Gasteiger partial charge in [-0.2, -0.15) is 0 Å². The van der Waals surface area contributed by atoms with E-state index in [1.165, 1.54) is 0 Å². The van der Waals surface area contributed by atoms with Gasteiger partial charge in [0.05, 0.1) is 22.9 Å². The number of nitrogens with zero attached hydrogens (tertiary/aromatic N) is 1. The van der Waals surface area contributed by atoms with Crippen molar-refractivity contribution in [3.05, 3.63) is 18.2 Å². The zero-order valence-electron chi connectivity index (χ0n) is 11.8. The van der Waals surface area contributed by atoms with Crippen LogP contribution in [0.25, 0.3) is 0 Å². The SMILES string of the molecule is CCCN1CCOc2ccc(S(=O)(=O)CCCN)cc21. The molecule has 1 aromatic carbocycles. The molecule has 0 saturated heterocycles. The Bertz CT molecular complexity index is 558. The third-order valence-corrected chi connectivity index (χ3v) is 5.16. The predicted molar refractivity (Wildman–Crippen MR) is 80.2 cm³/mol. The van der Waals surface area contributed by atoms with Crippen LogP contribution >= 0.6 is 0 Å². The van der Waals surface area contributed by atoms with Crippen LogP contribution in [0.1, 0.15) is 19.8 Å². The van der Waals surface area contributed by atoms with Crippen LogP contribution < -0.4 is 15.4 Å². The fourth-order valence-electron chi connectivity index (χ4n) is 2.34. The smallest absolute Gasteiger partial charge is 0.178 e. The van der Waals surface area contributed by atoms with Gasteiger partial charge in [-0.1, -0.05) is 6.92 Å². The zero-order valence-corrected chi connectivity index (χ0v) is 12.7. The van der Waals surface area contributed by atoms with Crippen molar-refractivity contribution in [1.29, 1.82) is 0 Å². The predicted octanol–water partition coefficient (Wildman–Crippen LogP) is 1.42. The van der Waals surface area contributed by atoms with Crippen LogP contribution in [-0.4, -0.2) is 40.4 Å². The molecule has 112 valence electrons. The van der Waals surface area contributed by atoms with E-state index in [-0.39, 0.29) is 5.75 Å². The van der Waals surface area contributed by atoms with Gasteiger partial charge in [-0.05, 0) is 37.6 Å². The van der Waals surface area contributed by atoms with Crippen molar-refractivity contribution in [1.82, 2.24) is 0 Å². The molecule has 2 rings (SSSR count). The van der Waals surface area contributed by atoms with Gasteiger partial charge in [0.2, 0.25) is 0 Å². The fourth-order valence-corrected chi connectivity index (χ4v) is 3.69. The lowest BCUT2D eigenvalue weighted by molar-refractivity contribution is 0.307. The Labute approximate surface area is 120 Å². The minimum atomic E-state index is -3.26. The first-order valence-corrected chi connectivity index (χ1v) is 8.68. The minimum absolute atomic E-state index is 0.0942. The van der Waals surface area contributed by atoms with Crippen molar-refractivity contribution in [2.45, 2.75) is 24.7 Å². The second-order valence-electron chi connectivity index (χ2n) is 4.93. The van der Waals surface area contributed by atoms with E-state index in [1.54, 1.807) is 18.2 Å². The molecule has 0 bridgehead atoms. The Morgan fingerprint density at radius 1 is 1.40 bits per heavy atom. The second kappa shape index (κ2) is 6.45. The first-order valence-electron chi connectivity index (χ1n) is 7.03. The molecule has 0 saturated carbocycles. The Morgan fingerprint density at radius 3 is 2.90 bits per heavy atom. The van der Waals surface area contributed by atoms with Gasteiger partial charge in [0.25, 0.3) is 0 Å². The van der Waals surface area contributed by atoms with E-state index >= 15 is 0 Å². The molecular weight excluding hydrogens is 276 g/mol. The van der Waals surface area contributed by atoms with Gasteiger partial charge in [0, 0.05) is 6.54 Å². The topological polar surface area (TPSA) is 72.6 Å². The molecule has 1 aliphatic rings. The molecule has 5 nitrogen and oxygen atoms in total. The number of hydrogen-bond donors (Lipinski definition) is 1. The van der Waals surface area contributed by atoms with E-state index in [2.05, 4.69) is 11.8 Å². The Morgan fingerprint density at radius 2 is 2.20 bits per heavy atom. The molecule has 0 fully saturated rings. The van der Waals surface area contributed by atoms with E-state index in [1.807, 2.05) is 0 Å². The van der Waals surface area contributed by atoms with Crippen LogP contribution in [0.15, 0.2) is 23.1 Å². The van der Waals surface area contributed by atoms with Gasteiger partial charge >= 0.3 is 0 Å². The Hall–Kier alpha value is -1.27. The van der Waals surface area contributed by atoms with Gasteiger partial charge in [0.1, 0.15) is 12.4 Å². The van der Waals surface area contributed by atoms with Crippen LogP contribution in [0.5, 0.6) is 5.75 Å². The molecule has 0 spiro atoms. The number of fused-ring (bicyclic) bond motifs is 1. The fraction of sp³-hybridized carbons (Fsp3) is 0.571. The number of sulfone groups is 1. The molecule has 20 heavy (non-hydrogen) atoms. The molecule has 0 aromatic heterocycles. The summed E-state index contributed by atoms with van der Waals surface area (Å²) in [7, 11) is -3.26. The van der Waals surface area contributed by atoms with Crippen LogP contribution in [0.3, 0.4) is 0 Å². The van der Waals surface area contributed by atoms with E-state index in [9.17, 15) is 8.42 Å². The van der Waals surface area contributed by atoms with Crippen LogP contribution in [0, 0.1) is 0 Å². The van der Waals surface area contributed by atoms with Crippen molar-refractivity contribution in [3.8, 4) is 5.75 Å². The molecule has 1 heterocycles. The summed E-state index contributed by atoms with van der Waals surface area (Å²) < 4.78 is 30.0. The standard InChI is InChI=1S/C14H22N2O3S/c1-2-7-16-8-9-19-14-5-4-12(11-13(14)16)20(17,18)10-3-6-15/h4-5,11H,2-3,6-10,15H2,1H3. The minimum Gasteiger partial charge on any atom is -0.490 e. The lowest BCUT2D eigenvalue weighted by atomic mass is 10.2. The lowest BCUT2D eigenvalue weighted by Gasteiger charge is -2.31. The maximum absolute atomic E-state index is 12.2. The average molecular weight is 298 g/mol. The Balaban J connectivity index is 2.32. The normalized spacial score (nSPS) is 14.8. The van der Waals surface area contributed by atoms with Crippen molar-refractivity contribution in [3.63, 3.8) is 0 Å². The maximum Gasteiger partial charge on any atom is 0.178 e. The number of nitrogens with two attached hydrogens (primary N) is 1. The number of rotatable bonds is 6. The molecule has 0 unspecified atom stereocenters. The van der Waals surface area contributed by atoms with Crippen LogP contribution in [0.4, 0.5) is 5.69 Å². The second-order valence-corrected chi connectivity index (χ2v) is 7.04. The molecule has 1 aromatic rings. The van der Waals surface area contributed by atoms with Crippen molar-refractivity contribution >= 4 is 15.5 Å². The molecule has 6 heteroatoms. The van der Waals surface area contributed by atoms with E-state index in [4.69, 9.17) is 10.5 Å². The lowest BCUT2D eigenvalue weighted by Crippen LogP contribution is -2.33. The number of ether oxygens (including phenoxy) is 1. The number of anilines is 1. The molecule has 0 aliphatic carbocycles. The van der Waals surface area contributed by atoms with Gasteiger partial charge in [-0.25, -0.2) is 8.42 Å². The monoisotopic (exact) mass is 298 g/mol. The summed E-state index contributed by atoms with van der Waals surface area (Å²) in [5.41, 5.74) is 6.27. The summed E-state index contributed by atoms with van der Waals surface area (Å²) in [5.74, 6) is 0.860. The molecule has 0 atom stereocenters. The van der Waals surface area contributed by atoms with Crippen molar-refractivity contribution in [2.75, 3.05) is 36.9 Å². The van der Waals surface area contributed by atoms with Gasteiger partial charge in [-0.3, -0.25) is 0 Å². The highest BCUT2D eigenvalue weighted by atomic mass is 32.2. The largest absolute Gasteiger partial charge is 0.490 e. The molecular formula is C14H22N2O3S. The Kier molecular flexibility index (Phi) is 4.88. The quantitative estimate of drug-likeness (QED) is 0.860. The summed E-state index contributed by atoms with van der Waals surface area (Å²) in [5, 5.41) is 0. The summed E-state index contributed by atoms with van der Waals surface area (Å²) in [6.07, 6.45) is 1.50. The zero-order chi connectivity index (χ0) is 14.6. The highest BCUT2D eigenvalue weighted by Crippen LogP contribution is 2.34. The third-order valence-electron chi connectivity index (χ3n) is 3.36. The molecule has 1 aliphatic heterocycles. The van der Waals surface area contributed by atoms with Crippen LogP contribution in [0.2, 0.25) is 0 Å². The van der Waals surface area contributed by atoms with E-state index < -0.39 is 9.84 Å². The van der Waals surface area contributed by atoms with Gasteiger partial charge < -0.3 is 15.4 Å². The van der Waals surface area contributed by atoms with Gasteiger partial charge in [-0.15, -0.1) is 0 Å². The van der Waals surface area contributed by atoms with Crippen LogP contribution in [-0.2, 0) is 9.84 Å². The molecule has 0 amide bonds. The van der Waals surface area contributed by atoms with E-state index in [0.717, 1.165) is 30.9 Å². The van der Waals surface area contributed by atoms with E-state index in [0.29, 0.717) is 24.5 Å². The summed E-state index contributed by atoms with van der Waals surface area (Å²) in [6, 6.07) is 5.11. The first-order chi connectivity index (χ1) is 9.58. The number of hydrogen-bond acceptors (Lipinski definition) is 5. The summed E-state index contributed by atoms with van der Waals surface area (Å²) >= 11 is 0. The average Bonchev–Trinajstić information content (AvgIpc) is 2.45. The number of benzene rings is 1. The maximum atomic E-state index is 12.2. The highest BCUT2D eigenvalue weighted by molar-refractivity contribution is 7.91. The molecule has 2 N–H and O–H groups in total. The van der Waals surface area contributed by atoms with Gasteiger partial charge in [0.15, 0.2) is 9.84 Å². The summed E-state index contributed by atoms with van der Waals surface area (Å²) in [6.45, 7) is 4.84. The molecule has 0 radical (unpaired) electrons. The highest BCUT2D eigenvalue weighted by Gasteiger charge is 2.21. The first kappa shape index (κ1) is 15.1. The third kappa shape index (κ3) is 3.24. The summed E-state index contributed by atoms with van der Waals surface area (Å²) in [4.78, 5) is 2.54. The van der Waals surface area contributed by atoms with Crippen molar-refractivity contribution in [2.24, 2.45) is 5.73 Å².